The van der Waals surface area contributed by atoms with Crippen molar-refractivity contribution in [2.45, 2.75) is 12.8 Å². The standard InChI is InChI=1S/C6H7BrO2/c7-4-2-1-3-5-9-6-8/h6H,1,3,5H2. The molecule has 2 nitrogen and oxygen atoms in total. The molecule has 0 aromatic rings. The van der Waals surface area contributed by atoms with Gasteiger partial charge in [0.1, 0.15) is 0 Å². The van der Waals surface area contributed by atoms with Crippen LogP contribution in [-0.2, 0) is 9.53 Å². The van der Waals surface area contributed by atoms with Gasteiger partial charge in [0.15, 0.2) is 0 Å². The average molecular weight is 191 g/mol. The maximum atomic E-state index is 9.57. The first-order valence-electron chi connectivity index (χ1n) is 2.55. The summed E-state index contributed by atoms with van der Waals surface area (Å²) in [5.74, 6) is 2.78. The number of hydrogen-bond acceptors (Lipinski definition) is 2. The Hall–Kier alpha value is -0.490. The molecule has 0 aliphatic carbocycles. The van der Waals surface area contributed by atoms with Crippen LogP contribution in [0.4, 0.5) is 0 Å². The van der Waals surface area contributed by atoms with Crippen molar-refractivity contribution >= 4 is 22.4 Å². The Morgan fingerprint density at radius 2 is 2.44 bits per heavy atom. The average Bonchev–Trinajstić information content (AvgIpc) is 1.89. The van der Waals surface area contributed by atoms with Crippen molar-refractivity contribution < 1.29 is 9.53 Å². The van der Waals surface area contributed by atoms with E-state index in [0.29, 0.717) is 13.1 Å². The van der Waals surface area contributed by atoms with Gasteiger partial charge in [0.2, 0.25) is 0 Å². The van der Waals surface area contributed by atoms with Gasteiger partial charge < -0.3 is 4.74 Å². The largest absolute Gasteiger partial charge is 0.468 e. The topological polar surface area (TPSA) is 26.3 Å². The summed E-state index contributed by atoms with van der Waals surface area (Å²) in [7, 11) is 0. The number of carbonyl (C=O) groups is 1. The van der Waals surface area contributed by atoms with Crippen molar-refractivity contribution in [1.82, 2.24) is 0 Å². The molecule has 0 aromatic carbocycles. The highest BCUT2D eigenvalue weighted by Gasteiger charge is 1.81. The maximum Gasteiger partial charge on any atom is 0.293 e. The zero-order valence-corrected chi connectivity index (χ0v) is 6.48. The summed E-state index contributed by atoms with van der Waals surface area (Å²) in [6, 6.07) is 0. The molecule has 0 rings (SSSR count). The van der Waals surface area contributed by atoms with Crippen LogP contribution in [0.5, 0.6) is 0 Å². The molecule has 0 saturated heterocycles. The molecule has 0 atom stereocenters. The Balaban J connectivity index is 2.88. The van der Waals surface area contributed by atoms with E-state index in [2.05, 4.69) is 31.4 Å². The normalized spacial score (nSPS) is 7.22. The first-order valence-corrected chi connectivity index (χ1v) is 3.35. The van der Waals surface area contributed by atoms with Gasteiger partial charge in [-0.25, -0.2) is 0 Å². The van der Waals surface area contributed by atoms with E-state index in [4.69, 9.17) is 0 Å². The Bertz CT molecular complexity index is 123. The molecule has 0 N–H and O–H groups in total. The molecule has 0 saturated carbocycles. The maximum absolute atomic E-state index is 9.57. The second-order valence-corrected chi connectivity index (χ2v) is 1.74. The van der Waals surface area contributed by atoms with E-state index < -0.39 is 0 Å². The Morgan fingerprint density at radius 1 is 1.67 bits per heavy atom. The van der Waals surface area contributed by atoms with E-state index in [1.54, 1.807) is 0 Å². The minimum absolute atomic E-state index is 0.446. The van der Waals surface area contributed by atoms with Gasteiger partial charge in [-0.15, -0.1) is 0 Å². The van der Waals surface area contributed by atoms with Crippen molar-refractivity contribution in [1.29, 1.82) is 0 Å². The molecule has 50 valence electrons. The lowest BCUT2D eigenvalue weighted by Crippen LogP contribution is -1.89. The first-order chi connectivity index (χ1) is 4.41. The second-order valence-electron chi connectivity index (χ2n) is 1.34. The molecule has 9 heavy (non-hydrogen) atoms. The van der Waals surface area contributed by atoms with Crippen LogP contribution in [0.2, 0.25) is 0 Å². The highest BCUT2D eigenvalue weighted by atomic mass is 79.9. The quantitative estimate of drug-likeness (QED) is 0.380. The fourth-order valence-corrected chi connectivity index (χ4v) is 0.537. The van der Waals surface area contributed by atoms with E-state index in [1.165, 1.54) is 0 Å². The third kappa shape index (κ3) is 7.51. The summed E-state index contributed by atoms with van der Waals surface area (Å²) in [5.41, 5.74) is 0. The zero-order valence-electron chi connectivity index (χ0n) is 4.89. The number of unbranched alkanes of at least 4 members (excludes halogenated alkanes) is 1. The van der Waals surface area contributed by atoms with Gasteiger partial charge in [0.05, 0.1) is 6.61 Å². The highest BCUT2D eigenvalue weighted by molar-refractivity contribution is 9.12. The molecule has 0 aliphatic heterocycles. The smallest absolute Gasteiger partial charge is 0.293 e. The molecule has 0 unspecified atom stereocenters. The minimum Gasteiger partial charge on any atom is -0.468 e. The lowest BCUT2D eigenvalue weighted by Gasteiger charge is -1.90. The number of halogens is 1. The van der Waals surface area contributed by atoms with E-state index in [0.717, 1.165) is 12.8 Å². The molecular formula is C6H7BrO2. The van der Waals surface area contributed by atoms with Crippen molar-refractivity contribution in [2.75, 3.05) is 6.61 Å². The molecule has 3 heteroatoms. The molecule has 0 fully saturated rings. The summed E-state index contributed by atoms with van der Waals surface area (Å²) in [5, 5.41) is 0. The van der Waals surface area contributed by atoms with Crippen LogP contribution in [0, 0.1) is 10.8 Å². The molecule has 0 bridgehead atoms. The minimum atomic E-state index is 0.446. The summed E-state index contributed by atoms with van der Waals surface area (Å²) < 4.78 is 4.42. The Labute approximate surface area is 62.7 Å². The SMILES string of the molecule is O=COCCCC#CBr. The molecule has 0 amide bonds. The van der Waals surface area contributed by atoms with Gasteiger partial charge in [0, 0.05) is 22.4 Å². The van der Waals surface area contributed by atoms with Crippen LogP contribution in [-0.4, -0.2) is 13.1 Å². The predicted molar refractivity (Wildman–Crippen MR) is 38.0 cm³/mol. The van der Waals surface area contributed by atoms with Crippen LogP contribution in [0.1, 0.15) is 12.8 Å². The van der Waals surface area contributed by atoms with Crippen LogP contribution < -0.4 is 0 Å². The van der Waals surface area contributed by atoms with Crippen LogP contribution in [0.3, 0.4) is 0 Å². The van der Waals surface area contributed by atoms with Crippen molar-refractivity contribution in [3.63, 3.8) is 0 Å². The van der Waals surface area contributed by atoms with Crippen LogP contribution >= 0.6 is 15.9 Å². The van der Waals surface area contributed by atoms with Crippen LogP contribution in [0.25, 0.3) is 0 Å². The van der Waals surface area contributed by atoms with Crippen molar-refractivity contribution in [2.24, 2.45) is 0 Å². The first kappa shape index (κ1) is 8.51. The fourth-order valence-electron chi connectivity index (χ4n) is 0.339. The van der Waals surface area contributed by atoms with E-state index >= 15 is 0 Å². The van der Waals surface area contributed by atoms with E-state index in [1.807, 2.05) is 0 Å². The Morgan fingerprint density at radius 3 is 3.00 bits per heavy atom. The third-order valence-corrected chi connectivity index (χ3v) is 0.979. The van der Waals surface area contributed by atoms with Gasteiger partial charge in [-0.1, -0.05) is 5.92 Å². The summed E-state index contributed by atoms with van der Waals surface area (Å²) in [6.07, 6.45) is 1.57. The number of hydrogen-bond donors (Lipinski definition) is 0. The molecule has 0 spiro atoms. The van der Waals surface area contributed by atoms with Gasteiger partial charge in [-0.3, -0.25) is 4.79 Å². The monoisotopic (exact) mass is 190 g/mol. The number of ether oxygens (including phenoxy) is 1. The van der Waals surface area contributed by atoms with E-state index in [9.17, 15) is 4.79 Å². The predicted octanol–water partition coefficient (Wildman–Crippen LogP) is 1.30. The molecule has 0 radical (unpaired) electrons. The number of rotatable bonds is 4. The van der Waals surface area contributed by atoms with Gasteiger partial charge >= 0.3 is 0 Å². The van der Waals surface area contributed by atoms with Crippen LogP contribution in [0.15, 0.2) is 0 Å². The fraction of sp³-hybridized carbons (Fsp3) is 0.500. The zero-order chi connectivity index (χ0) is 6.95. The Kier molecular flexibility index (Phi) is 7.10. The number of carbonyl (C=O) groups excluding carboxylic acids is 1. The summed E-state index contributed by atoms with van der Waals surface area (Å²) in [4.78, 5) is 12.1. The van der Waals surface area contributed by atoms with E-state index in [-0.39, 0.29) is 0 Å². The second kappa shape index (κ2) is 7.51. The molecular weight excluding hydrogens is 184 g/mol. The van der Waals surface area contributed by atoms with Gasteiger partial charge in [-0.2, -0.15) is 0 Å². The molecule has 0 heterocycles. The highest BCUT2D eigenvalue weighted by Crippen LogP contribution is 1.86. The van der Waals surface area contributed by atoms with Crippen molar-refractivity contribution in [3.8, 4) is 10.8 Å². The lowest BCUT2D eigenvalue weighted by molar-refractivity contribution is -0.128. The third-order valence-electron chi connectivity index (χ3n) is 0.699. The lowest BCUT2D eigenvalue weighted by atomic mass is 10.3. The van der Waals surface area contributed by atoms with Gasteiger partial charge in [-0.05, 0) is 11.3 Å². The summed E-state index contributed by atoms with van der Waals surface area (Å²) in [6.45, 7) is 0.909. The van der Waals surface area contributed by atoms with Crippen molar-refractivity contribution in [3.05, 3.63) is 0 Å². The van der Waals surface area contributed by atoms with Gasteiger partial charge in [0.25, 0.3) is 6.47 Å². The molecule has 0 aliphatic rings. The summed E-state index contributed by atoms with van der Waals surface area (Å²) >= 11 is 2.95. The molecule has 0 aromatic heterocycles.